The van der Waals surface area contributed by atoms with Crippen molar-refractivity contribution in [3.05, 3.63) is 0 Å². The van der Waals surface area contributed by atoms with Crippen LogP contribution in [0, 0.1) is 0 Å². The monoisotopic (exact) mass is 281 g/mol. The molecule has 4 atom stereocenters. The number of aliphatic hydroxyl groups excluding tert-OH is 4. The number of carbonyl (C=O) groups excluding carboxylic acids is 1. The van der Waals surface area contributed by atoms with Gasteiger partial charge in [0, 0.05) is 0 Å². The topological polar surface area (TPSA) is 148 Å². The second-order valence-corrected chi connectivity index (χ2v) is 4.22. The average Bonchev–Trinajstić information content (AvgIpc) is 2.31. The van der Waals surface area contributed by atoms with Gasteiger partial charge < -0.3 is 30.3 Å². The highest BCUT2D eigenvalue weighted by Gasteiger charge is 2.38. The first-order chi connectivity index (χ1) is 8.70. The molecule has 0 amide bonds. The third-order valence-corrected chi connectivity index (χ3v) is 2.19. The summed E-state index contributed by atoms with van der Waals surface area (Å²) in [6.07, 6.45) is -7.81. The van der Waals surface area contributed by atoms with E-state index in [4.69, 9.17) is 15.3 Å². The minimum absolute atomic E-state index is 0.213. The van der Waals surface area contributed by atoms with Crippen LogP contribution >= 0.6 is 0 Å². The number of aliphatic carboxylic acids is 1. The summed E-state index contributed by atoms with van der Waals surface area (Å²) in [6, 6.07) is 0. The molecule has 0 bridgehead atoms. The van der Waals surface area contributed by atoms with Crippen molar-refractivity contribution in [2.75, 3.05) is 27.2 Å². The minimum atomic E-state index is -2.06. The largest absolute Gasteiger partial charge is 0.478 e. The normalized spacial score (nSPS) is 17.6. The van der Waals surface area contributed by atoms with E-state index < -0.39 is 43.0 Å². The van der Waals surface area contributed by atoms with Crippen LogP contribution in [0.4, 0.5) is 0 Å². The molecule has 19 heavy (non-hydrogen) atoms. The summed E-state index contributed by atoms with van der Waals surface area (Å²) in [5.74, 6) is -2.59. The van der Waals surface area contributed by atoms with Crippen LogP contribution in [0.15, 0.2) is 0 Å². The van der Waals surface area contributed by atoms with Gasteiger partial charge in [0.05, 0.1) is 13.2 Å². The maximum absolute atomic E-state index is 11.3. The smallest absolute Gasteiger partial charge is 0.347 e. The number of carbonyl (C=O) groups is 2. The lowest BCUT2D eigenvalue weighted by Gasteiger charge is -2.26. The molecule has 0 aromatic carbocycles. The SMILES string of the molecule is CN(C)CC(=O)O[C@@H](C(=O)O)[C@@H](O)[C@H](O)[C@H](O)CO. The highest BCUT2D eigenvalue weighted by molar-refractivity contribution is 5.79. The van der Waals surface area contributed by atoms with Crippen LogP contribution in [0.3, 0.4) is 0 Å². The van der Waals surface area contributed by atoms with Gasteiger partial charge in [-0.15, -0.1) is 0 Å². The highest BCUT2D eigenvalue weighted by atomic mass is 16.6. The number of rotatable bonds is 8. The van der Waals surface area contributed by atoms with Crippen molar-refractivity contribution in [1.29, 1.82) is 0 Å². The lowest BCUT2D eigenvalue weighted by Crippen LogP contribution is -2.50. The van der Waals surface area contributed by atoms with E-state index >= 15 is 0 Å². The first-order valence-electron chi connectivity index (χ1n) is 5.42. The summed E-state index contributed by atoms with van der Waals surface area (Å²) in [7, 11) is 3.11. The zero-order chi connectivity index (χ0) is 15.2. The molecule has 0 heterocycles. The highest BCUT2D eigenvalue weighted by Crippen LogP contribution is 2.09. The number of likely N-dealkylation sites (N-methyl/N-ethyl adjacent to an activating group) is 1. The first-order valence-corrected chi connectivity index (χ1v) is 5.42. The predicted molar refractivity (Wildman–Crippen MR) is 61.2 cm³/mol. The van der Waals surface area contributed by atoms with E-state index in [2.05, 4.69) is 4.74 Å². The summed E-state index contributed by atoms with van der Waals surface area (Å²) in [5, 5.41) is 45.4. The van der Waals surface area contributed by atoms with Gasteiger partial charge in [-0.1, -0.05) is 0 Å². The molecule has 5 N–H and O–H groups in total. The van der Waals surface area contributed by atoms with E-state index in [1.54, 1.807) is 14.1 Å². The zero-order valence-electron chi connectivity index (χ0n) is 10.6. The Morgan fingerprint density at radius 3 is 2.05 bits per heavy atom. The van der Waals surface area contributed by atoms with Crippen molar-refractivity contribution >= 4 is 11.9 Å². The number of carboxylic acids is 1. The Morgan fingerprint density at radius 2 is 1.68 bits per heavy atom. The van der Waals surface area contributed by atoms with Crippen LogP contribution in [-0.2, 0) is 14.3 Å². The van der Waals surface area contributed by atoms with Gasteiger partial charge in [0.25, 0.3) is 0 Å². The average molecular weight is 281 g/mol. The van der Waals surface area contributed by atoms with Crippen LogP contribution in [0.2, 0.25) is 0 Å². The molecule has 0 aromatic heterocycles. The lowest BCUT2D eigenvalue weighted by molar-refractivity contribution is -0.182. The molecule has 0 aliphatic rings. The van der Waals surface area contributed by atoms with Gasteiger partial charge >= 0.3 is 11.9 Å². The van der Waals surface area contributed by atoms with Gasteiger partial charge in [0.15, 0.2) is 0 Å². The molecular weight excluding hydrogens is 262 g/mol. The predicted octanol–water partition coefficient (Wildman–Crippen LogP) is -3.38. The van der Waals surface area contributed by atoms with Crippen molar-refractivity contribution in [3.63, 3.8) is 0 Å². The van der Waals surface area contributed by atoms with Crippen LogP contribution in [0.25, 0.3) is 0 Å². The Labute approximate surface area is 109 Å². The molecule has 0 saturated carbocycles. The van der Waals surface area contributed by atoms with Crippen LogP contribution in [0.1, 0.15) is 0 Å². The Morgan fingerprint density at radius 1 is 1.16 bits per heavy atom. The Bertz CT molecular complexity index is 308. The Hall–Kier alpha value is -1.26. The Kier molecular flexibility index (Phi) is 7.49. The fourth-order valence-corrected chi connectivity index (χ4v) is 1.22. The number of esters is 1. The second kappa shape index (κ2) is 8.02. The fraction of sp³-hybridized carbons (Fsp3) is 0.800. The maximum atomic E-state index is 11.3. The molecule has 0 radical (unpaired) electrons. The molecule has 112 valence electrons. The molecule has 0 aliphatic carbocycles. The first kappa shape index (κ1) is 17.7. The molecule has 0 rings (SSSR count). The van der Waals surface area contributed by atoms with E-state index in [0.29, 0.717) is 0 Å². The molecule has 0 unspecified atom stereocenters. The zero-order valence-corrected chi connectivity index (χ0v) is 10.6. The number of nitrogens with zero attached hydrogens (tertiary/aromatic N) is 1. The summed E-state index contributed by atoms with van der Waals surface area (Å²) in [4.78, 5) is 23.6. The van der Waals surface area contributed by atoms with Gasteiger partial charge in [-0.3, -0.25) is 9.69 Å². The van der Waals surface area contributed by atoms with Gasteiger partial charge in [-0.25, -0.2) is 4.79 Å². The second-order valence-electron chi connectivity index (χ2n) is 4.22. The summed E-state index contributed by atoms with van der Waals surface area (Å²) < 4.78 is 4.52. The fourth-order valence-electron chi connectivity index (χ4n) is 1.22. The summed E-state index contributed by atoms with van der Waals surface area (Å²) >= 11 is 0. The van der Waals surface area contributed by atoms with Gasteiger partial charge in [-0.2, -0.15) is 0 Å². The van der Waals surface area contributed by atoms with Crippen LogP contribution in [0.5, 0.6) is 0 Å². The molecule has 9 heteroatoms. The van der Waals surface area contributed by atoms with Crippen LogP contribution in [-0.4, -0.2) is 94.0 Å². The number of aliphatic hydroxyl groups is 4. The summed E-state index contributed by atoms with van der Waals surface area (Å²) in [5.41, 5.74) is 0. The molecule has 0 spiro atoms. The van der Waals surface area contributed by atoms with E-state index in [9.17, 15) is 19.8 Å². The maximum Gasteiger partial charge on any atom is 0.347 e. The van der Waals surface area contributed by atoms with Crippen molar-refractivity contribution in [2.24, 2.45) is 0 Å². The molecule has 0 aliphatic heterocycles. The quantitative estimate of drug-likeness (QED) is 0.287. The van der Waals surface area contributed by atoms with E-state index in [1.807, 2.05) is 0 Å². The standard InChI is InChI=1S/C10H19NO8/c1-11(2)3-6(14)19-9(10(17)18)8(16)7(15)5(13)4-12/h5,7-9,12-13,15-16H,3-4H2,1-2H3,(H,17,18)/t5-,7-,8+,9-/m1/s1. The number of hydrogen-bond donors (Lipinski definition) is 5. The van der Waals surface area contributed by atoms with E-state index in [1.165, 1.54) is 4.90 Å². The third-order valence-electron chi connectivity index (χ3n) is 2.19. The number of ether oxygens (including phenoxy) is 1. The van der Waals surface area contributed by atoms with Crippen LogP contribution < -0.4 is 0 Å². The number of hydrogen-bond acceptors (Lipinski definition) is 8. The van der Waals surface area contributed by atoms with Crippen molar-refractivity contribution in [3.8, 4) is 0 Å². The van der Waals surface area contributed by atoms with Gasteiger partial charge in [-0.05, 0) is 14.1 Å². The molecule has 0 saturated heterocycles. The van der Waals surface area contributed by atoms with Gasteiger partial charge in [0.2, 0.25) is 6.10 Å². The molecule has 9 nitrogen and oxygen atoms in total. The molecule has 0 aromatic rings. The number of carboxylic acid groups (broad SMARTS) is 1. The van der Waals surface area contributed by atoms with Crippen molar-refractivity contribution < 1.29 is 39.9 Å². The minimum Gasteiger partial charge on any atom is -0.478 e. The Balaban J connectivity index is 4.73. The van der Waals surface area contributed by atoms with E-state index in [-0.39, 0.29) is 6.54 Å². The van der Waals surface area contributed by atoms with Crippen molar-refractivity contribution in [2.45, 2.75) is 24.4 Å². The third kappa shape index (κ3) is 5.94. The van der Waals surface area contributed by atoms with Crippen molar-refractivity contribution in [1.82, 2.24) is 4.90 Å². The summed E-state index contributed by atoms with van der Waals surface area (Å²) in [6.45, 7) is -1.09. The van der Waals surface area contributed by atoms with Gasteiger partial charge in [0.1, 0.15) is 18.3 Å². The molecule has 0 fully saturated rings. The van der Waals surface area contributed by atoms with E-state index in [0.717, 1.165) is 0 Å². The lowest BCUT2D eigenvalue weighted by atomic mass is 10.0. The molecular formula is C10H19NO8.